The van der Waals surface area contributed by atoms with Crippen molar-refractivity contribution in [1.29, 1.82) is 0 Å². The molecule has 1 aliphatic rings. The summed E-state index contributed by atoms with van der Waals surface area (Å²) in [6, 6.07) is 0. The van der Waals surface area contributed by atoms with E-state index in [4.69, 9.17) is 5.73 Å². The third-order valence-corrected chi connectivity index (χ3v) is 3.66. The minimum Gasteiger partial charge on any atom is -0.330 e. The number of hydrogen-bond donors (Lipinski definition) is 2. The van der Waals surface area contributed by atoms with Crippen molar-refractivity contribution in [2.45, 2.75) is 46.1 Å². The molecule has 3 N–H and O–H groups in total. The molecule has 0 saturated heterocycles. The molecule has 1 fully saturated rings. The average molecular weight is 198 g/mol. The van der Waals surface area contributed by atoms with Gasteiger partial charge in [-0.25, -0.2) is 0 Å². The molecule has 2 nitrogen and oxygen atoms in total. The zero-order chi connectivity index (χ0) is 10.8. The van der Waals surface area contributed by atoms with Gasteiger partial charge in [-0.2, -0.15) is 0 Å². The Kier molecular flexibility index (Phi) is 3.96. The molecule has 1 aliphatic carbocycles. The van der Waals surface area contributed by atoms with Gasteiger partial charge in [-0.05, 0) is 57.5 Å². The summed E-state index contributed by atoms with van der Waals surface area (Å²) in [5.41, 5.74) is 6.08. The first-order valence-corrected chi connectivity index (χ1v) is 5.92. The summed E-state index contributed by atoms with van der Waals surface area (Å²) >= 11 is 0. The van der Waals surface area contributed by atoms with Crippen molar-refractivity contribution >= 4 is 0 Å². The summed E-state index contributed by atoms with van der Waals surface area (Å²) in [6.45, 7) is 11.0. The highest BCUT2D eigenvalue weighted by atomic mass is 15.0. The zero-order valence-electron chi connectivity index (χ0n) is 10.1. The second-order valence-corrected chi connectivity index (χ2v) is 5.62. The molecule has 1 saturated carbocycles. The van der Waals surface area contributed by atoms with Gasteiger partial charge < -0.3 is 11.1 Å². The van der Waals surface area contributed by atoms with Crippen molar-refractivity contribution in [3.05, 3.63) is 0 Å². The van der Waals surface area contributed by atoms with Crippen LogP contribution in [0.5, 0.6) is 0 Å². The van der Waals surface area contributed by atoms with Gasteiger partial charge in [0.05, 0.1) is 0 Å². The van der Waals surface area contributed by atoms with Crippen LogP contribution in [0.2, 0.25) is 0 Å². The Labute approximate surface area is 88.6 Å². The van der Waals surface area contributed by atoms with Crippen molar-refractivity contribution in [2.24, 2.45) is 23.5 Å². The zero-order valence-corrected chi connectivity index (χ0v) is 10.1. The van der Waals surface area contributed by atoms with Gasteiger partial charge in [0.1, 0.15) is 0 Å². The Bertz CT molecular complexity index is 171. The van der Waals surface area contributed by atoms with Crippen LogP contribution in [-0.4, -0.2) is 18.6 Å². The number of rotatable bonds is 6. The van der Waals surface area contributed by atoms with Crippen LogP contribution < -0.4 is 11.1 Å². The molecule has 0 aliphatic heterocycles. The first-order valence-electron chi connectivity index (χ1n) is 5.92. The summed E-state index contributed by atoms with van der Waals surface area (Å²) in [6.07, 6.45) is 2.80. The van der Waals surface area contributed by atoms with Gasteiger partial charge in [-0.15, -0.1) is 0 Å². The van der Waals surface area contributed by atoms with E-state index in [0.717, 1.165) is 19.0 Å². The average Bonchev–Trinajstić information content (AvgIpc) is 2.86. The molecular weight excluding hydrogens is 172 g/mol. The molecule has 0 amide bonds. The van der Waals surface area contributed by atoms with Gasteiger partial charge >= 0.3 is 0 Å². The Balaban J connectivity index is 2.30. The summed E-state index contributed by atoms with van der Waals surface area (Å²) in [5, 5.41) is 3.67. The maximum Gasteiger partial charge on any atom is 0.0153 e. The van der Waals surface area contributed by atoms with Crippen LogP contribution in [0.15, 0.2) is 0 Å². The van der Waals surface area contributed by atoms with Crippen molar-refractivity contribution in [3.63, 3.8) is 0 Å². The smallest absolute Gasteiger partial charge is 0.0153 e. The van der Waals surface area contributed by atoms with Crippen LogP contribution >= 0.6 is 0 Å². The van der Waals surface area contributed by atoms with Gasteiger partial charge in [-0.3, -0.25) is 0 Å². The fraction of sp³-hybridized carbons (Fsp3) is 1.00. The first-order chi connectivity index (χ1) is 6.47. The van der Waals surface area contributed by atoms with Crippen molar-refractivity contribution in [1.82, 2.24) is 5.32 Å². The highest BCUT2D eigenvalue weighted by Gasteiger charge is 2.37. The molecule has 0 spiro atoms. The van der Waals surface area contributed by atoms with E-state index in [1.165, 1.54) is 12.8 Å². The Morgan fingerprint density at radius 2 is 1.93 bits per heavy atom. The van der Waals surface area contributed by atoms with Crippen LogP contribution in [0.1, 0.15) is 40.5 Å². The second kappa shape index (κ2) is 4.63. The molecule has 1 atom stereocenters. The minimum atomic E-state index is 0.322. The second-order valence-electron chi connectivity index (χ2n) is 5.62. The lowest BCUT2D eigenvalue weighted by atomic mass is 9.93. The Morgan fingerprint density at radius 3 is 2.29 bits per heavy atom. The van der Waals surface area contributed by atoms with E-state index in [1.54, 1.807) is 0 Å². The standard InChI is InChI=1S/C12H26N2/c1-9(2)10(7-13)8-14-12(3,4)11-5-6-11/h9-11,14H,5-8,13H2,1-4H3. The molecule has 14 heavy (non-hydrogen) atoms. The van der Waals surface area contributed by atoms with E-state index in [2.05, 4.69) is 33.0 Å². The lowest BCUT2D eigenvalue weighted by molar-refractivity contribution is 0.283. The molecule has 0 aromatic carbocycles. The van der Waals surface area contributed by atoms with E-state index in [9.17, 15) is 0 Å². The molecule has 84 valence electrons. The minimum absolute atomic E-state index is 0.322. The van der Waals surface area contributed by atoms with Crippen molar-refractivity contribution < 1.29 is 0 Å². The van der Waals surface area contributed by atoms with Crippen LogP contribution in [0.4, 0.5) is 0 Å². The Morgan fingerprint density at radius 1 is 1.36 bits per heavy atom. The number of nitrogens with two attached hydrogens (primary N) is 1. The van der Waals surface area contributed by atoms with E-state index >= 15 is 0 Å². The van der Waals surface area contributed by atoms with Crippen LogP contribution in [-0.2, 0) is 0 Å². The van der Waals surface area contributed by atoms with Gasteiger partial charge in [-0.1, -0.05) is 13.8 Å². The molecule has 1 rings (SSSR count). The van der Waals surface area contributed by atoms with E-state index in [-0.39, 0.29) is 0 Å². The maximum absolute atomic E-state index is 5.75. The predicted octanol–water partition coefficient (Wildman–Crippen LogP) is 2.00. The molecule has 1 unspecified atom stereocenters. The monoisotopic (exact) mass is 198 g/mol. The lowest BCUT2D eigenvalue weighted by Crippen LogP contribution is -2.45. The Hall–Kier alpha value is -0.0800. The fourth-order valence-corrected chi connectivity index (χ4v) is 1.93. The number of nitrogens with one attached hydrogen (secondary N) is 1. The molecule has 2 heteroatoms. The van der Waals surface area contributed by atoms with E-state index in [0.29, 0.717) is 17.4 Å². The number of hydrogen-bond acceptors (Lipinski definition) is 2. The first kappa shape index (κ1) is 12.0. The molecule has 0 radical (unpaired) electrons. The third-order valence-electron chi connectivity index (χ3n) is 3.66. The molecule has 0 bridgehead atoms. The van der Waals surface area contributed by atoms with E-state index < -0.39 is 0 Å². The normalized spacial score (nSPS) is 20.1. The fourth-order valence-electron chi connectivity index (χ4n) is 1.93. The van der Waals surface area contributed by atoms with Gasteiger partial charge in [0, 0.05) is 5.54 Å². The van der Waals surface area contributed by atoms with Crippen LogP contribution in [0, 0.1) is 17.8 Å². The summed E-state index contributed by atoms with van der Waals surface area (Å²) in [5.74, 6) is 2.20. The van der Waals surface area contributed by atoms with Gasteiger partial charge in [0.15, 0.2) is 0 Å². The maximum atomic E-state index is 5.75. The van der Waals surface area contributed by atoms with Crippen LogP contribution in [0.25, 0.3) is 0 Å². The lowest BCUT2D eigenvalue weighted by Gasteiger charge is -2.30. The topological polar surface area (TPSA) is 38.0 Å². The quantitative estimate of drug-likeness (QED) is 0.685. The molecule has 0 aromatic heterocycles. The summed E-state index contributed by atoms with van der Waals surface area (Å²) in [7, 11) is 0. The SMILES string of the molecule is CC(C)C(CN)CNC(C)(C)C1CC1. The predicted molar refractivity (Wildman–Crippen MR) is 62.2 cm³/mol. The van der Waals surface area contributed by atoms with Gasteiger partial charge in [0.25, 0.3) is 0 Å². The molecule has 0 heterocycles. The van der Waals surface area contributed by atoms with Crippen molar-refractivity contribution in [3.8, 4) is 0 Å². The van der Waals surface area contributed by atoms with E-state index in [1.807, 2.05) is 0 Å². The van der Waals surface area contributed by atoms with Gasteiger partial charge in [0.2, 0.25) is 0 Å². The molecular formula is C12H26N2. The molecule has 0 aromatic rings. The van der Waals surface area contributed by atoms with Crippen molar-refractivity contribution in [2.75, 3.05) is 13.1 Å². The largest absolute Gasteiger partial charge is 0.330 e. The highest BCUT2D eigenvalue weighted by molar-refractivity contribution is 4.94. The highest BCUT2D eigenvalue weighted by Crippen LogP contribution is 2.39. The third kappa shape index (κ3) is 3.25. The summed E-state index contributed by atoms with van der Waals surface area (Å²) < 4.78 is 0. The van der Waals surface area contributed by atoms with Crippen LogP contribution in [0.3, 0.4) is 0 Å². The summed E-state index contributed by atoms with van der Waals surface area (Å²) in [4.78, 5) is 0.